The number of carbonyl (C=O) groups excluding carboxylic acids is 2. The van der Waals surface area contributed by atoms with Gasteiger partial charge in [0, 0.05) is 5.39 Å². The van der Waals surface area contributed by atoms with Gasteiger partial charge in [0.25, 0.3) is 0 Å². The van der Waals surface area contributed by atoms with Crippen molar-refractivity contribution in [3.63, 3.8) is 0 Å². The predicted octanol–water partition coefficient (Wildman–Crippen LogP) is 2.50. The number of hydrogen-bond donors (Lipinski definition) is 4. The Hall–Kier alpha value is -2.49. The smallest absolute Gasteiger partial charge is 0.464 e. The molecule has 154 valence electrons. The number of para-hydroxylation sites is 1. The monoisotopic (exact) mass is 416 g/mol. The van der Waals surface area contributed by atoms with E-state index in [1.165, 1.54) is 18.0 Å². The van der Waals surface area contributed by atoms with E-state index in [1.807, 2.05) is 45.0 Å². The minimum Gasteiger partial charge on any atom is -0.464 e. The third-order valence-corrected chi connectivity index (χ3v) is 5.45. The van der Waals surface area contributed by atoms with Gasteiger partial charge < -0.3 is 25.1 Å². The molecule has 2 aromatic rings. The average molecular weight is 416 g/mol. The van der Waals surface area contributed by atoms with E-state index in [9.17, 15) is 19.6 Å². The van der Waals surface area contributed by atoms with Gasteiger partial charge in [0.2, 0.25) is 0 Å². The lowest BCUT2D eigenvalue weighted by atomic mass is 9.76. The quantitative estimate of drug-likeness (QED) is 0.389. The molecule has 1 heterocycles. The number of benzene rings is 1. The first-order valence-electron chi connectivity index (χ1n) is 9.28. The molecule has 1 aromatic heterocycles. The van der Waals surface area contributed by atoms with Crippen molar-refractivity contribution in [3.8, 4) is 0 Å². The molecule has 0 aliphatic carbocycles. The topological polar surface area (TPSA) is 112 Å². The molecule has 2 amide bonds. The predicted molar refractivity (Wildman–Crippen MR) is 116 cm³/mol. The van der Waals surface area contributed by atoms with Crippen LogP contribution in [0.25, 0.3) is 11.0 Å². The molecule has 7 nitrogen and oxygen atoms in total. The molecule has 0 aliphatic rings. The Morgan fingerprint density at radius 3 is 2.66 bits per heavy atom. The molecule has 1 atom stereocenters. The van der Waals surface area contributed by atoms with Crippen LogP contribution in [0.15, 0.2) is 57.0 Å². The number of hydrogen-bond acceptors (Lipinski definition) is 6. The van der Waals surface area contributed by atoms with Crippen molar-refractivity contribution in [1.29, 1.82) is 0 Å². The Bertz CT molecular complexity index is 922. The fourth-order valence-corrected chi connectivity index (χ4v) is 3.36. The lowest BCUT2D eigenvalue weighted by Gasteiger charge is -2.17. The summed E-state index contributed by atoms with van der Waals surface area (Å²) in [6.07, 6.45) is 4.14. The van der Waals surface area contributed by atoms with Gasteiger partial charge in [0.1, 0.15) is 5.58 Å². The lowest BCUT2D eigenvalue weighted by Crippen LogP contribution is -2.52. The highest BCUT2D eigenvalue weighted by Crippen LogP contribution is 2.22. The molecule has 0 radical (unpaired) electrons. The number of furan rings is 1. The van der Waals surface area contributed by atoms with Crippen molar-refractivity contribution in [3.05, 3.63) is 58.2 Å². The summed E-state index contributed by atoms with van der Waals surface area (Å²) in [5, 5.41) is 27.6. The molecule has 29 heavy (non-hydrogen) atoms. The molecular weight excluding hydrogens is 391 g/mol. The van der Waals surface area contributed by atoms with Gasteiger partial charge in [-0.25, -0.2) is 0 Å². The summed E-state index contributed by atoms with van der Waals surface area (Å²) in [6.45, 7) is 5.67. The molecule has 4 N–H and O–H groups in total. The standard InChI is InChI=1S/C20H25BN2O5S/c1-4-10-29-20(13(3)5-2)23-19(25)18(24)22-17(21(26)27)11-14-12-28-16-9-7-6-8-15(14)16/h4,6-10,12,17,26-27H,5,11H2,1-3H3,(H,22,24)(H,23,25)/b10-4-,20-13+. The summed E-state index contributed by atoms with van der Waals surface area (Å²) in [4.78, 5) is 24.7. The van der Waals surface area contributed by atoms with Crippen LogP contribution in [0, 0.1) is 0 Å². The van der Waals surface area contributed by atoms with Crippen LogP contribution in [0.1, 0.15) is 32.8 Å². The fourth-order valence-electron chi connectivity index (χ4n) is 2.59. The maximum Gasteiger partial charge on any atom is 0.475 e. The zero-order valence-electron chi connectivity index (χ0n) is 16.6. The van der Waals surface area contributed by atoms with E-state index in [0.29, 0.717) is 22.6 Å². The molecule has 0 saturated carbocycles. The third kappa shape index (κ3) is 6.25. The molecule has 0 fully saturated rings. The van der Waals surface area contributed by atoms with Crippen molar-refractivity contribution >= 4 is 41.7 Å². The summed E-state index contributed by atoms with van der Waals surface area (Å²) in [6, 6.07) is 7.30. The second-order valence-electron chi connectivity index (χ2n) is 6.46. The highest BCUT2D eigenvalue weighted by molar-refractivity contribution is 8.05. The van der Waals surface area contributed by atoms with Gasteiger partial charge in [0.15, 0.2) is 0 Å². The van der Waals surface area contributed by atoms with Crippen molar-refractivity contribution in [2.75, 3.05) is 0 Å². The van der Waals surface area contributed by atoms with Crippen molar-refractivity contribution < 1.29 is 24.1 Å². The minimum absolute atomic E-state index is 0.0949. The van der Waals surface area contributed by atoms with Crippen molar-refractivity contribution in [2.45, 2.75) is 39.6 Å². The first-order chi connectivity index (χ1) is 13.9. The third-order valence-electron chi connectivity index (χ3n) is 4.35. The van der Waals surface area contributed by atoms with Gasteiger partial charge in [-0.1, -0.05) is 43.0 Å². The van der Waals surface area contributed by atoms with Crippen molar-refractivity contribution in [1.82, 2.24) is 10.6 Å². The van der Waals surface area contributed by atoms with Crippen LogP contribution in [0.3, 0.4) is 0 Å². The van der Waals surface area contributed by atoms with Crippen LogP contribution in [0.2, 0.25) is 0 Å². The summed E-state index contributed by atoms with van der Waals surface area (Å²) < 4.78 is 5.44. The normalized spacial score (nSPS) is 13.3. The van der Waals surface area contributed by atoms with E-state index in [0.717, 1.165) is 11.0 Å². The van der Waals surface area contributed by atoms with E-state index in [1.54, 1.807) is 11.5 Å². The molecular formula is C20H25BN2O5S. The van der Waals surface area contributed by atoms with Gasteiger partial charge in [-0.3, -0.25) is 9.59 Å². The van der Waals surface area contributed by atoms with Crippen LogP contribution in [-0.4, -0.2) is 34.9 Å². The van der Waals surface area contributed by atoms with Crippen LogP contribution in [-0.2, 0) is 16.0 Å². The number of carbonyl (C=O) groups is 2. The van der Waals surface area contributed by atoms with E-state index in [-0.39, 0.29) is 6.42 Å². The largest absolute Gasteiger partial charge is 0.475 e. The molecule has 1 aromatic carbocycles. The maximum absolute atomic E-state index is 12.4. The zero-order valence-corrected chi connectivity index (χ0v) is 17.5. The maximum atomic E-state index is 12.4. The highest BCUT2D eigenvalue weighted by atomic mass is 32.2. The van der Waals surface area contributed by atoms with Gasteiger partial charge in [-0.05, 0) is 49.3 Å². The fraction of sp³-hybridized carbons (Fsp3) is 0.300. The molecule has 0 aliphatic heterocycles. The summed E-state index contributed by atoms with van der Waals surface area (Å²) >= 11 is 1.31. The highest BCUT2D eigenvalue weighted by Gasteiger charge is 2.29. The number of thioether (sulfide) groups is 1. The lowest BCUT2D eigenvalue weighted by molar-refractivity contribution is -0.138. The first-order valence-corrected chi connectivity index (χ1v) is 10.2. The SMILES string of the molecule is C/C=C\S/C(NC(=O)C(=O)NC(Cc1coc2ccccc12)B(O)O)=C(\C)CC. The molecule has 9 heteroatoms. The molecule has 0 saturated heterocycles. The Morgan fingerprint density at radius 1 is 1.28 bits per heavy atom. The van der Waals surface area contributed by atoms with Gasteiger partial charge in [-0.2, -0.15) is 0 Å². The second-order valence-corrected chi connectivity index (χ2v) is 7.38. The van der Waals surface area contributed by atoms with E-state index < -0.39 is 24.9 Å². The molecule has 0 spiro atoms. The summed E-state index contributed by atoms with van der Waals surface area (Å²) in [5.74, 6) is -2.89. The molecule has 0 bridgehead atoms. The van der Waals surface area contributed by atoms with Crippen LogP contribution >= 0.6 is 11.8 Å². The Balaban J connectivity index is 2.09. The number of rotatable bonds is 8. The zero-order chi connectivity index (χ0) is 21.4. The summed E-state index contributed by atoms with van der Waals surface area (Å²) in [7, 11) is -1.84. The Labute approximate surface area is 174 Å². The van der Waals surface area contributed by atoms with Crippen LogP contribution < -0.4 is 10.6 Å². The van der Waals surface area contributed by atoms with Crippen LogP contribution in [0.5, 0.6) is 0 Å². The Kier molecular flexibility index (Phi) is 8.57. The van der Waals surface area contributed by atoms with E-state index in [4.69, 9.17) is 4.42 Å². The molecule has 2 rings (SSSR count). The number of allylic oxidation sites excluding steroid dienone is 2. The summed E-state index contributed by atoms with van der Waals surface area (Å²) in [5.41, 5.74) is 2.28. The first kappa shape index (κ1) is 22.8. The average Bonchev–Trinajstić information content (AvgIpc) is 3.12. The van der Waals surface area contributed by atoms with Crippen molar-refractivity contribution in [2.24, 2.45) is 0 Å². The number of nitrogens with one attached hydrogen (secondary N) is 2. The second kappa shape index (κ2) is 10.9. The van der Waals surface area contributed by atoms with E-state index in [2.05, 4.69) is 10.6 Å². The van der Waals surface area contributed by atoms with Crippen LogP contribution in [0.4, 0.5) is 0 Å². The van der Waals surface area contributed by atoms with Gasteiger partial charge >= 0.3 is 18.9 Å². The van der Waals surface area contributed by atoms with Gasteiger partial charge in [-0.15, -0.1) is 0 Å². The van der Waals surface area contributed by atoms with Gasteiger partial charge in [0.05, 0.1) is 17.2 Å². The number of amides is 2. The number of fused-ring (bicyclic) bond motifs is 1. The minimum atomic E-state index is -1.84. The Morgan fingerprint density at radius 2 is 2.00 bits per heavy atom. The van der Waals surface area contributed by atoms with E-state index >= 15 is 0 Å². The molecule has 1 unspecified atom stereocenters.